The fourth-order valence-corrected chi connectivity index (χ4v) is 4.28. The summed E-state index contributed by atoms with van der Waals surface area (Å²) in [4.78, 5) is 25.3. The van der Waals surface area contributed by atoms with Crippen LogP contribution in [0.1, 0.15) is 23.4 Å². The van der Waals surface area contributed by atoms with Crippen LogP contribution in [-0.2, 0) is 26.3 Å². The molecule has 0 bridgehead atoms. The first-order valence-electron chi connectivity index (χ1n) is 10.4. The molecule has 2 aliphatic rings. The maximum Gasteiger partial charge on any atom is 0.290 e. The Bertz CT molecular complexity index is 852. The van der Waals surface area contributed by atoms with E-state index in [0.29, 0.717) is 38.5 Å². The van der Waals surface area contributed by atoms with Crippen molar-refractivity contribution in [1.82, 2.24) is 15.0 Å². The zero-order valence-electron chi connectivity index (χ0n) is 17.6. The van der Waals surface area contributed by atoms with Gasteiger partial charge in [0.25, 0.3) is 6.47 Å². The molecule has 2 N–H and O–H groups in total. The van der Waals surface area contributed by atoms with Crippen molar-refractivity contribution in [2.75, 3.05) is 39.4 Å². The van der Waals surface area contributed by atoms with Crippen LogP contribution in [0.3, 0.4) is 0 Å². The lowest BCUT2D eigenvalue weighted by atomic mass is 9.79. The first-order chi connectivity index (χ1) is 15.0. The van der Waals surface area contributed by atoms with E-state index in [1.54, 1.807) is 6.07 Å². The van der Waals surface area contributed by atoms with Crippen LogP contribution in [0.25, 0.3) is 0 Å². The van der Waals surface area contributed by atoms with E-state index in [1.807, 2.05) is 42.2 Å². The van der Waals surface area contributed by atoms with Gasteiger partial charge in [-0.2, -0.15) is 0 Å². The van der Waals surface area contributed by atoms with E-state index in [-0.39, 0.29) is 24.8 Å². The number of carbonyl (C=O) groups is 2. The Kier molecular flexibility index (Phi) is 7.78. The first-order valence-corrected chi connectivity index (χ1v) is 10.4. The lowest BCUT2D eigenvalue weighted by molar-refractivity contribution is -0.147. The van der Waals surface area contributed by atoms with Gasteiger partial charge in [0.05, 0.1) is 31.4 Å². The van der Waals surface area contributed by atoms with Gasteiger partial charge in [0.15, 0.2) is 0 Å². The molecule has 1 amide bonds. The van der Waals surface area contributed by atoms with Crippen LogP contribution in [0.4, 0.5) is 0 Å². The molecule has 0 unspecified atom stereocenters. The molecule has 0 spiro atoms. The van der Waals surface area contributed by atoms with Gasteiger partial charge in [-0.1, -0.05) is 35.5 Å². The quantitative estimate of drug-likeness (QED) is 0.690. The van der Waals surface area contributed by atoms with Gasteiger partial charge in [0.2, 0.25) is 5.91 Å². The molecule has 2 aliphatic heterocycles. The number of nitrogens with zero attached hydrogens (tertiary/aromatic N) is 3. The summed E-state index contributed by atoms with van der Waals surface area (Å²) in [6.45, 7) is 5.38. The number of amides is 1. The Morgan fingerprint density at radius 3 is 2.55 bits per heavy atom. The molecule has 168 valence electrons. The lowest BCUT2D eigenvalue weighted by Crippen LogP contribution is -2.63. The van der Waals surface area contributed by atoms with E-state index in [4.69, 9.17) is 19.2 Å². The largest absolute Gasteiger partial charge is 0.483 e. The second kappa shape index (κ2) is 10.5. The average molecular weight is 431 g/mol. The standard InChI is InChI=1S/C21H27N3O4.CH2O2/c1-16-13-18(28-22-16)14-20(25)24-8-7-21(26,17-5-3-2-4-6-17)19(15-24)23-9-11-27-12-10-23;2-1-3/h2-6,13,19,26H,7-12,14-15H2,1H3;1H,(H,2,3)/t19-,21+;/m1./s1. The predicted molar refractivity (Wildman–Crippen MR) is 111 cm³/mol. The average Bonchev–Trinajstić information content (AvgIpc) is 3.20. The Morgan fingerprint density at radius 1 is 1.26 bits per heavy atom. The normalized spacial score (nSPS) is 24.2. The SMILES string of the molecule is Cc1cc(CC(=O)N2CC[C@](O)(c3ccccc3)[C@H](N3CCOCC3)C2)on1.O=CO. The lowest BCUT2D eigenvalue weighted by Gasteiger charge is -2.50. The molecule has 3 heterocycles. The summed E-state index contributed by atoms with van der Waals surface area (Å²) in [5.41, 5.74) is 0.689. The first kappa shape index (κ1) is 22.9. The predicted octanol–water partition coefficient (Wildman–Crippen LogP) is 1.05. The molecule has 1 aromatic carbocycles. The van der Waals surface area contributed by atoms with Crippen LogP contribution in [0.5, 0.6) is 0 Å². The van der Waals surface area contributed by atoms with E-state index in [2.05, 4.69) is 10.1 Å². The molecule has 2 fully saturated rings. The van der Waals surface area contributed by atoms with E-state index >= 15 is 0 Å². The van der Waals surface area contributed by atoms with Gasteiger partial charge in [-0.25, -0.2) is 0 Å². The molecule has 9 nitrogen and oxygen atoms in total. The molecule has 2 atom stereocenters. The fraction of sp³-hybridized carbons (Fsp3) is 0.500. The summed E-state index contributed by atoms with van der Waals surface area (Å²) in [7, 11) is 0. The number of carbonyl (C=O) groups excluding carboxylic acids is 1. The fourth-order valence-electron chi connectivity index (χ4n) is 4.28. The minimum absolute atomic E-state index is 0.00419. The van der Waals surface area contributed by atoms with Gasteiger partial charge in [-0.3, -0.25) is 14.5 Å². The number of ether oxygens (including phenoxy) is 1. The van der Waals surface area contributed by atoms with Crippen LogP contribution in [0.15, 0.2) is 40.9 Å². The van der Waals surface area contributed by atoms with Crippen molar-refractivity contribution in [3.05, 3.63) is 53.4 Å². The zero-order chi connectivity index (χ0) is 22.3. The van der Waals surface area contributed by atoms with Crippen LogP contribution < -0.4 is 0 Å². The number of piperidine rings is 1. The summed E-state index contributed by atoms with van der Waals surface area (Å²) in [6.07, 6.45) is 0.695. The van der Waals surface area contributed by atoms with Crippen molar-refractivity contribution in [2.45, 2.75) is 31.4 Å². The van der Waals surface area contributed by atoms with Crippen molar-refractivity contribution in [3.8, 4) is 0 Å². The van der Waals surface area contributed by atoms with Crippen molar-refractivity contribution < 1.29 is 29.1 Å². The minimum Gasteiger partial charge on any atom is -0.483 e. The monoisotopic (exact) mass is 431 g/mol. The van der Waals surface area contributed by atoms with E-state index < -0.39 is 5.60 Å². The highest BCUT2D eigenvalue weighted by molar-refractivity contribution is 5.78. The van der Waals surface area contributed by atoms with Crippen molar-refractivity contribution in [3.63, 3.8) is 0 Å². The van der Waals surface area contributed by atoms with Crippen LogP contribution >= 0.6 is 0 Å². The number of aromatic nitrogens is 1. The molecule has 0 aliphatic carbocycles. The van der Waals surface area contributed by atoms with Gasteiger partial charge >= 0.3 is 0 Å². The van der Waals surface area contributed by atoms with Gasteiger partial charge in [-0.05, 0) is 18.9 Å². The van der Waals surface area contributed by atoms with E-state index in [0.717, 1.165) is 24.3 Å². The summed E-state index contributed by atoms with van der Waals surface area (Å²) in [5.74, 6) is 0.582. The number of aryl methyl sites for hydroxylation is 1. The molecule has 2 saturated heterocycles. The van der Waals surface area contributed by atoms with Gasteiger partial charge in [0, 0.05) is 32.2 Å². The maximum atomic E-state index is 12.9. The van der Waals surface area contributed by atoms with Crippen LogP contribution in [0, 0.1) is 6.92 Å². The third-order valence-corrected chi connectivity index (χ3v) is 5.82. The second-order valence-corrected chi connectivity index (χ2v) is 7.76. The molecule has 2 aromatic rings. The second-order valence-electron chi connectivity index (χ2n) is 7.76. The van der Waals surface area contributed by atoms with E-state index in [9.17, 15) is 9.90 Å². The van der Waals surface area contributed by atoms with Crippen molar-refractivity contribution in [2.24, 2.45) is 0 Å². The topological polar surface area (TPSA) is 116 Å². The number of rotatable bonds is 4. The highest BCUT2D eigenvalue weighted by atomic mass is 16.5. The molecular weight excluding hydrogens is 402 g/mol. The minimum atomic E-state index is -0.988. The highest BCUT2D eigenvalue weighted by Gasteiger charge is 2.46. The van der Waals surface area contributed by atoms with Crippen molar-refractivity contribution >= 4 is 12.4 Å². The Labute approximate surface area is 181 Å². The summed E-state index contributed by atoms with van der Waals surface area (Å²) < 4.78 is 10.7. The number of hydrogen-bond acceptors (Lipinski definition) is 7. The van der Waals surface area contributed by atoms with Gasteiger partial charge in [-0.15, -0.1) is 0 Å². The summed E-state index contributed by atoms with van der Waals surface area (Å²) >= 11 is 0. The Balaban J connectivity index is 0.000000858. The van der Waals surface area contributed by atoms with Crippen LogP contribution in [-0.4, -0.2) is 83.0 Å². The summed E-state index contributed by atoms with van der Waals surface area (Å²) in [6, 6.07) is 11.4. The molecule has 31 heavy (non-hydrogen) atoms. The van der Waals surface area contributed by atoms with Gasteiger partial charge < -0.3 is 24.4 Å². The number of likely N-dealkylation sites (tertiary alicyclic amines) is 1. The molecular formula is C22H29N3O6. The van der Waals surface area contributed by atoms with Gasteiger partial charge in [0.1, 0.15) is 11.4 Å². The Hall–Kier alpha value is -2.75. The van der Waals surface area contributed by atoms with Crippen LogP contribution in [0.2, 0.25) is 0 Å². The molecule has 0 saturated carbocycles. The number of morpholine rings is 1. The number of benzene rings is 1. The smallest absolute Gasteiger partial charge is 0.290 e. The highest BCUT2D eigenvalue weighted by Crippen LogP contribution is 2.36. The number of carboxylic acid groups (broad SMARTS) is 1. The molecule has 1 aromatic heterocycles. The molecule has 4 rings (SSSR count). The molecule has 9 heteroatoms. The van der Waals surface area contributed by atoms with Crippen molar-refractivity contribution in [1.29, 1.82) is 0 Å². The maximum absolute atomic E-state index is 12.9. The number of hydrogen-bond donors (Lipinski definition) is 2. The number of aliphatic hydroxyl groups is 1. The summed E-state index contributed by atoms with van der Waals surface area (Å²) in [5, 5.41) is 22.4. The third-order valence-electron chi connectivity index (χ3n) is 5.82. The van der Waals surface area contributed by atoms with E-state index in [1.165, 1.54) is 0 Å². The Morgan fingerprint density at radius 2 is 1.94 bits per heavy atom. The zero-order valence-corrected chi connectivity index (χ0v) is 17.6. The molecule has 0 radical (unpaired) electrons. The third kappa shape index (κ3) is 5.49.